The largest absolute Gasteiger partial charge is 0.456 e. The molecule has 2 bridgehead atoms. The molecule has 2 aromatic rings. The Morgan fingerprint density at radius 2 is 1.58 bits per heavy atom. The number of nitrogens with one attached hydrogen (secondary N) is 1. The van der Waals surface area contributed by atoms with E-state index in [1.165, 1.54) is 26.0 Å². The maximum atomic E-state index is 14.9. The topological polar surface area (TPSA) is 215 Å². The third-order valence-corrected chi connectivity index (χ3v) is 13.0. The van der Waals surface area contributed by atoms with Crippen LogP contribution in [0.4, 0.5) is 0 Å². The van der Waals surface area contributed by atoms with Gasteiger partial charge in [-0.25, -0.2) is 9.59 Å². The zero-order valence-corrected chi connectivity index (χ0v) is 33.1. The van der Waals surface area contributed by atoms with E-state index >= 15 is 0 Å². The van der Waals surface area contributed by atoms with Gasteiger partial charge in [-0.1, -0.05) is 68.5 Å². The highest BCUT2D eigenvalue weighted by Gasteiger charge is 2.78. The number of fused-ring (bicyclic) bond motifs is 5. The predicted octanol–water partition coefficient (Wildman–Crippen LogP) is 2.82. The summed E-state index contributed by atoms with van der Waals surface area (Å²) in [4.78, 5) is 68.9. The number of rotatable bonds is 9. The van der Waals surface area contributed by atoms with Gasteiger partial charge in [-0.2, -0.15) is 0 Å². The molecular weight excluding hydrogens is 738 g/mol. The summed E-state index contributed by atoms with van der Waals surface area (Å²) in [6.45, 7) is 10.1. The lowest BCUT2D eigenvalue weighted by molar-refractivity contribution is -0.346. The van der Waals surface area contributed by atoms with Crippen molar-refractivity contribution in [3.63, 3.8) is 0 Å². The van der Waals surface area contributed by atoms with Crippen LogP contribution in [-0.4, -0.2) is 104 Å². The first kappa shape index (κ1) is 41.9. The molecule has 1 amide bonds. The van der Waals surface area contributed by atoms with Gasteiger partial charge in [-0.3, -0.25) is 14.4 Å². The number of aliphatic hydroxyl groups is 4. The van der Waals surface area contributed by atoms with E-state index in [0.29, 0.717) is 11.1 Å². The Bertz CT molecular complexity index is 1990. The number of carbonyl (C=O) groups is 5. The zero-order valence-electron chi connectivity index (χ0n) is 33.1. The maximum Gasteiger partial charge on any atom is 0.338 e. The van der Waals surface area contributed by atoms with Gasteiger partial charge in [0.2, 0.25) is 5.91 Å². The van der Waals surface area contributed by atoms with Gasteiger partial charge in [0.1, 0.15) is 30.0 Å². The smallest absolute Gasteiger partial charge is 0.338 e. The second-order valence-electron chi connectivity index (χ2n) is 16.4. The highest BCUT2D eigenvalue weighted by Crippen LogP contribution is 2.64. The number of ether oxygens (including phenoxy) is 4. The number of ketones is 1. The van der Waals surface area contributed by atoms with E-state index in [9.17, 15) is 44.4 Å². The number of hydrogen-bond donors (Lipinski definition) is 5. The van der Waals surface area contributed by atoms with Crippen LogP contribution in [0, 0.1) is 16.7 Å². The van der Waals surface area contributed by atoms with Gasteiger partial charge >= 0.3 is 17.9 Å². The van der Waals surface area contributed by atoms with Crippen molar-refractivity contribution in [3.05, 3.63) is 94.6 Å². The minimum atomic E-state index is -2.34. The summed E-state index contributed by atoms with van der Waals surface area (Å²) in [7, 11) is 0. The molecule has 0 aromatic heterocycles. The fourth-order valence-corrected chi connectivity index (χ4v) is 9.51. The van der Waals surface area contributed by atoms with Crippen molar-refractivity contribution in [2.45, 2.75) is 115 Å². The van der Waals surface area contributed by atoms with Crippen molar-refractivity contribution in [2.75, 3.05) is 6.61 Å². The number of aliphatic hydroxyl groups excluding tert-OH is 3. The average Bonchev–Trinajstić information content (AvgIpc) is 3.18. The van der Waals surface area contributed by atoms with E-state index < -0.39 is 107 Å². The van der Waals surface area contributed by atoms with Crippen LogP contribution < -0.4 is 5.32 Å². The summed E-state index contributed by atoms with van der Waals surface area (Å²) in [5.41, 5.74) is -6.75. The molecule has 3 aliphatic carbocycles. The number of hydrogen-bond acceptors (Lipinski definition) is 13. The van der Waals surface area contributed by atoms with Crippen molar-refractivity contribution in [1.29, 1.82) is 0 Å². The molecule has 11 atom stereocenters. The van der Waals surface area contributed by atoms with Gasteiger partial charge in [0.25, 0.3) is 0 Å². The van der Waals surface area contributed by atoms with Crippen LogP contribution in [-0.2, 0) is 38.1 Å². The Balaban J connectivity index is 1.50. The lowest BCUT2D eigenvalue weighted by atomic mass is 9.44. The van der Waals surface area contributed by atoms with Crippen LogP contribution in [0.3, 0.4) is 0 Å². The molecule has 1 unspecified atom stereocenters. The summed E-state index contributed by atoms with van der Waals surface area (Å²) in [6.07, 6.45) is -8.83. The van der Waals surface area contributed by atoms with Crippen LogP contribution in [0.1, 0.15) is 83.3 Å². The quantitative estimate of drug-likeness (QED) is 0.107. The van der Waals surface area contributed by atoms with E-state index in [1.807, 2.05) is 0 Å². The Kier molecular flexibility index (Phi) is 11.2. The second-order valence-corrected chi connectivity index (χ2v) is 16.4. The molecule has 4 aliphatic rings. The van der Waals surface area contributed by atoms with Crippen molar-refractivity contribution in [1.82, 2.24) is 5.32 Å². The Hall–Kier alpha value is -4.73. The van der Waals surface area contributed by atoms with E-state index in [1.54, 1.807) is 82.3 Å². The van der Waals surface area contributed by atoms with Crippen molar-refractivity contribution < 1.29 is 63.3 Å². The van der Waals surface area contributed by atoms with Crippen LogP contribution in [0.15, 0.2) is 83.5 Å². The molecule has 6 rings (SSSR count). The molecule has 2 aromatic carbocycles. The highest BCUT2D eigenvalue weighted by molar-refractivity contribution is 5.95. The van der Waals surface area contributed by atoms with E-state index in [0.717, 1.165) is 6.92 Å². The fourth-order valence-electron chi connectivity index (χ4n) is 9.51. The lowest BCUT2D eigenvalue weighted by Gasteiger charge is -2.67. The first-order chi connectivity index (χ1) is 26.8. The van der Waals surface area contributed by atoms with Gasteiger partial charge in [0.05, 0.1) is 35.6 Å². The van der Waals surface area contributed by atoms with Crippen LogP contribution in [0.5, 0.6) is 0 Å². The number of amides is 1. The van der Waals surface area contributed by atoms with Crippen molar-refractivity contribution in [2.24, 2.45) is 16.7 Å². The van der Waals surface area contributed by atoms with E-state index in [-0.39, 0.29) is 29.7 Å². The molecule has 2 saturated carbocycles. The summed E-state index contributed by atoms with van der Waals surface area (Å²) in [5.74, 6) is -5.84. The Labute approximate surface area is 330 Å². The van der Waals surface area contributed by atoms with Crippen LogP contribution >= 0.6 is 0 Å². The molecule has 0 radical (unpaired) electrons. The van der Waals surface area contributed by atoms with Gasteiger partial charge in [0, 0.05) is 30.8 Å². The average molecular weight is 790 g/mol. The molecule has 1 saturated heterocycles. The first-order valence-electron chi connectivity index (χ1n) is 19.0. The zero-order chi connectivity index (χ0) is 41.8. The number of esters is 3. The molecule has 0 spiro atoms. The number of benzene rings is 2. The van der Waals surface area contributed by atoms with Gasteiger partial charge < -0.3 is 44.7 Å². The first-order valence-corrected chi connectivity index (χ1v) is 19.0. The molecule has 14 heteroatoms. The summed E-state index contributed by atoms with van der Waals surface area (Å²) < 4.78 is 24.1. The SMILES string of the molecule is C/C=C(\C)C(=O)N[C@H](c1ccccc1)[C@H](O)C(=O)O[C@@H]1C[C@@]2(O)[C@H](OC(=O)c3ccccc3)[C@H]3C4(OC(C)=O)CO[C@@H]4C[C@H](O)[C@@]3(C)C(=O)[C@H](O)C(=C1C)C2(C)C. The molecule has 5 N–H and O–H groups in total. The third-order valence-electron chi connectivity index (χ3n) is 13.0. The number of carbonyl (C=O) groups excluding carboxylic acids is 5. The normalized spacial score (nSPS) is 34.2. The Morgan fingerprint density at radius 3 is 2.14 bits per heavy atom. The van der Waals surface area contributed by atoms with Gasteiger partial charge in [-0.05, 0) is 56.5 Å². The molecule has 306 valence electrons. The van der Waals surface area contributed by atoms with Gasteiger partial charge in [0.15, 0.2) is 17.5 Å². The summed E-state index contributed by atoms with van der Waals surface area (Å²) >= 11 is 0. The molecular formula is C43H51NO13. The third kappa shape index (κ3) is 6.70. The standard InChI is InChI=1S/C43H51NO13/c1-8-22(2)37(50)44-31(25-15-11-9-12-16-25)33(48)39(52)55-27-20-43(53)36(56-38(51)26-17-13-10-14-18-26)34-41(7,35(49)32(47)30(23(27)3)40(43,5)6)28(46)19-29-42(34,21-54-29)57-24(4)45/h8-18,27-29,31-34,36,46-48,53H,19-21H2,1-7H3,(H,44,50)/b22-8+/t27-,28+,29-,31-,32-,33+,34-,36-,41-,42?,43-/m1/s1. The molecule has 1 heterocycles. The molecule has 1 aliphatic heterocycles. The summed E-state index contributed by atoms with van der Waals surface area (Å²) in [5, 5.41) is 51.7. The molecule has 3 fully saturated rings. The Morgan fingerprint density at radius 1 is 0.965 bits per heavy atom. The predicted molar refractivity (Wildman–Crippen MR) is 202 cm³/mol. The lowest BCUT2D eigenvalue weighted by Crippen LogP contribution is -2.81. The van der Waals surface area contributed by atoms with Crippen molar-refractivity contribution >= 4 is 29.6 Å². The number of Topliss-reactive ketones (excluding diaryl/α,β-unsaturated/α-hetero) is 1. The van der Waals surface area contributed by atoms with Crippen LogP contribution in [0.25, 0.3) is 0 Å². The van der Waals surface area contributed by atoms with Gasteiger partial charge in [-0.15, -0.1) is 0 Å². The van der Waals surface area contributed by atoms with E-state index in [2.05, 4.69) is 5.32 Å². The minimum Gasteiger partial charge on any atom is -0.456 e. The molecule has 14 nitrogen and oxygen atoms in total. The monoisotopic (exact) mass is 789 g/mol. The summed E-state index contributed by atoms with van der Waals surface area (Å²) in [6, 6.07) is 14.9. The second kappa shape index (κ2) is 15.2. The maximum absolute atomic E-state index is 14.9. The fraction of sp³-hybridized carbons (Fsp3) is 0.512. The van der Waals surface area contributed by atoms with E-state index in [4.69, 9.17) is 18.9 Å². The minimum absolute atomic E-state index is 0.0497. The van der Waals surface area contributed by atoms with Crippen molar-refractivity contribution in [3.8, 4) is 0 Å². The highest BCUT2D eigenvalue weighted by atomic mass is 16.6. The van der Waals surface area contributed by atoms with Crippen LogP contribution in [0.2, 0.25) is 0 Å². The molecule has 57 heavy (non-hydrogen) atoms. The number of allylic oxidation sites excluding steroid dienone is 1.